The van der Waals surface area contributed by atoms with Gasteiger partial charge in [-0.15, -0.1) is 0 Å². The highest BCUT2D eigenvalue weighted by Gasteiger charge is 2.14. The number of aliphatic carboxylic acids is 2. The van der Waals surface area contributed by atoms with Gasteiger partial charge in [0.05, 0.1) is 6.33 Å². The van der Waals surface area contributed by atoms with Crippen LogP contribution in [0, 0.1) is 0 Å². The highest BCUT2D eigenvalue weighted by Crippen LogP contribution is 2.18. The molecule has 0 bridgehead atoms. The van der Waals surface area contributed by atoms with Crippen molar-refractivity contribution in [1.29, 1.82) is 0 Å². The minimum absolute atomic E-state index is 0.347. The molecule has 2 atom stereocenters. The fourth-order valence-electron chi connectivity index (χ4n) is 2.78. The van der Waals surface area contributed by atoms with Crippen LogP contribution in [0.5, 0.6) is 0 Å². The number of nitrogens with one attached hydrogen (secondary N) is 2. The molecular weight excluding hydrogens is 460 g/mol. The zero-order valence-electron chi connectivity index (χ0n) is 18.5. The number of carbonyl (C=O) groups is 2. The smallest absolute Gasteiger partial charge is 0.320 e. The maximum atomic E-state index is 10.6. The lowest BCUT2D eigenvalue weighted by molar-refractivity contribution is -0.139. The molecule has 0 radical (unpaired) electrons. The van der Waals surface area contributed by atoms with E-state index in [0.717, 1.165) is 22.2 Å². The molecule has 0 fully saturated rings. The van der Waals surface area contributed by atoms with E-state index in [4.69, 9.17) is 27.4 Å². The van der Waals surface area contributed by atoms with Gasteiger partial charge in [-0.2, -0.15) is 11.8 Å². The predicted molar refractivity (Wildman–Crippen MR) is 132 cm³/mol. The summed E-state index contributed by atoms with van der Waals surface area (Å²) in [5, 5.41) is 18.0. The fraction of sp³-hybridized carbons (Fsp3) is 0.286. The van der Waals surface area contributed by atoms with Crippen LogP contribution >= 0.6 is 11.8 Å². The Hall–Kier alpha value is -3.68. The summed E-state index contributed by atoms with van der Waals surface area (Å²) in [4.78, 5) is 38.1. The van der Waals surface area contributed by atoms with Crippen LogP contribution in [0.1, 0.15) is 12.0 Å². The molecule has 10 N–H and O–H groups in total. The lowest BCUT2D eigenvalue weighted by atomic mass is 10.1. The van der Waals surface area contributed by atoms with Crippen molar-refractivity contribution in [1.82, 2.24) is 24.9 Å². The normalized spacial score (nSPS) is 12.2. The number of anilines is 1. The second kappa shape index (κ2) is 13.1. The molecule has 0 saturated carbocycles. The molecule has 13 heteroatoms. The number of carboxylic acid groups (broad SMARTS) is 2. The first kappa shape index (κ1) is 26.6. The second-order valence-corrected chi connectivity index (χ2v) is 8.08. The van der Waals surface area contributed by atoms with Gasteiger partial charge in [-0.1, -0.05) is 18.2 Å². The number of nitrogens with zero attached hydrogens (tertiary/aromatic N) is 3. The number of aromatic amines is 2. The Bertz CT molecular complexity index is 1210. The standard InChI is InChI=1S/C11H12N2O2.C5H5N5.C5H11NO2S/c12-9(11(14)15)5-7-6-13-10-4-2-1-3-8(7)10;6-4-3-5(9-1-7-3)10-2-8-4;1-9-3-2-4(6)5(7)8/h1-4,6,9,13H,5,12H2,(H,14,15);1-2H,(H3,6,7,8,9,10);4H,2-3,6H2,1H3,(H,7,8)/t9-;;4-/m0.0/s1. The van der Waals surface area contributed by atoms with Gasteiger partial charge in [0, 0.05) is 23.5 Å². The lowest BCUT2D eigenvalue weighted by Crippen LogP contribution is -2.32. The molecule has 34 heavy (non-hydrogen) atoms. The Labute approximate surface area is 199 Å². The van der Waals surface area contributed by atoms with Gasteiger partial charge in [0.2, 0.25) is 0 Å². The first-order valence-electron chi connectivity index (χ1n) is 10.1. The highest BCUT2D eigenvalue weighted by molar-refractivity contribution is 7.98. The Morgan fingerprint density at radius 1 is 1.06 bits per heavy atom. The monoisotopic (exact) mass is 488 g/mol. The molecule has 0 amide bonds. The van der Waals surface area contributed by atoms with Gasteiger partial charge in [0.15, 0.2) is 11.5 Å². The molecule has 4 rings (SSSR count). The summed E-state index contributed by atoms with van der Waals surface area (Å²) < 4.78 is 0. The van der Waals surface area contributed by atoms with Crippen molar-refractivity contribution in [2.75, 3.05) is 17.7 Å². The van der Waals surface area contributed by atoms with Gasteiger partial charge in [-0.3, -0.25) is 9.59 Å². The van der Waals surface area contributed by atoms with Crippen LogP contribution in [0.2, 0.25) is 0 Å². The van der Waals surface area contributed by atoms with Crippen molar-refractivity contribution in [2.24, 2.45) is 11.5 Å². The fourth-order valence-corrected chi connectivity index (χ4v) is 3.27. The van der Waals surface area contributed by atoms with Gasteiger partial charge in [0.1, 0.15) is 23.9 Å². The minimum atomic E-state index is -0.972. The first-order valence-corrected chi connectivity index (χ1v) is 11.5. The molecule has 12 nitrogen and oxygen atoms in total. The Morgan fingerprint density at radius 2 is 1.76 bits per heavy atom. The van der Waals surface area contributed by atoms with Gasteiger partial charge in [0.25, 0.3) is 0 Å². The maximum Gasteiger partial charge on any atom is 0.320 e. The molecular formula is C21H28N8O4S. The number of nitrogens with two attached hydrogens (primary N) is 3. The van der Waals surface area contributed by atoms with Crippen molar-refractivity contribution in [2.45, 2.75) is 24.9 Å². The van der Waals surface area contributed by atoms with Gasteiger partial charge in [-0.25, -0.2) is 15.0 Å². The third-order valence-corrected chi connectivity index (χ3v) is 5.28. The van der Waals surface area contributed by atoms with Crippen molar-refractivity contribution in [3.05, 3.63) is 48.7 Å². The number of H-pyrrole nitrogens is 2. The van der Waals surface area contributed by atoms with Crippen LogP contribution < -0.4 is 17.2 Å². The summed E-state index contributed by atoms with van der Waals surface area (Å²) in [6.45, 7) is 0. The first-order chi connectivity index (χ1) is 16.2. The number of fused-ring (bicyclic) bond motifs is 2. The number of carboxylic acids is 2. The van der Waals surface area contributed by atoms with E-state index in [1.165, 1.54) is 12.7 Å². The van der Waals surface area contributed by atoms with E-state index in [1.54, 1.807) is 11.8 Å². The number of aromatic nitrogens is 5. The molecule has 0 aliphatic rings. The average molecular weight is 489 g/mol. The van der Waals surface area contributed by atoms with Crippen molar-refractivity contribution >= 4 is 51.6 Å². The van der Waals surface area contributed by atoms with E-state index in [2.05, 4.69) is 24.9 Å². The van der Waals surface area contributed by atoms with E-state index in [1.807, 2.05) is 36.7 Å². The number of imidazole rings is 1. The van der Waals surface area contributed by atoms with Gasteiger partial charge < -0.3 is 37.4 Å². The third-order valence-electron chi connectivity index (χ3n) is 4.63. The number of para-hydroxylation sites is 1. The molecule has 4 aromatic rings. The lowest BCUT2D eigenvalue weighted by Gasteiger charge is -2.04. The predicted octanol–water partition coefficient (Wildman–Crippen LogP) is 1.21. The van der Waals surface area contributed by atoms with Crippen LogP contribution in [-0.2, 0) is 16.0 Å². The quantitative estimate of drug-likeness (QED) is 0.196. The van der Waals surface area contributed by atoms with Crippen molar-refractivity contribution < 1.29 is 19.8 Å². The summed E-state index contributed by atoms with van der Waals surface area (Å²) in [7, 11) is 0. The molecule has 3 heterocycles. The minimum Gasteiger partial charge on any atom is -0.480 e. The molecule has 3 aromatic heterocycles. The van der Waals surface area contributed by atoms with Crippen molar-refractivity contribution in [3.8, 4) is 0 Å². The molecule has 1 aromatic carbocycles. The summed E-state index contributed by atoms with van der Waals surface area (Å²) in [5.41, 5.74) is 19.4. The number of hydrogen-bond acceptors (Lipinski definition) is 9. The van der Waals surface area contributed by atoms with Crippen LogP contribution in [0.3, 0.4) is 0 Å². The zero-order valence-corrected chi connectivity index (χ0v) is 19.3. The molecule has 0 aliphatic heterocycles. The highest BCUT2D eigenvalue weighted by atomic mass is 32.2. The van der Waals surface area contributed by atoms with Crippen LogP contribution in [0.4, 0.5) is 5.82 Å². The number of thioether (sulfide) groups is 1. The summed E-state index contributed by atoms with van der Waals surface area (Å²) >= 11 is 1.60. The zero-order chi connectivity index (χ0) is 25.1. The molecule has 182 valence electrons. The van der Waals surface area contributed by atoms with Crippen LogP contribution in [0.25, 0.3) is 22.1 Å². The third kappa shape index (κ3) is 7.72. The molecule has 0 saturated heterocycles. The van der Waals surface area contributed by atoms with Gasteiger partial charge >= 0.3 is 11.9 Å². The topological polar surface area (TPSA) is 223 Å². The number of nitrogen functional groups attached to an aromatic ring is 1. The largest absolute Gasteiger partial charge is 0.480 e. The van der Waals surface area contributed by atoms with E-state index in [9.17, 15) is 9.59 Å². The Kier molecular flexibility index (Phi) is 10.3. The van der Waals surface area contributed by atoms with Crippen molar-refractivity contribution in [3.63, 3.8) is 0 Å². The van der Waals surface area contributed by atoms with Gasteiger partial charge in [-0.05, 0) is 30.1 Å². The summed E-state index contributed by atoms with van der Waals surface area (Å²) in [6.07, 6.45) is 7.56. The van der Waals surface area contributed by atoms with E-state index < -0.39 is 24.0 Å². The number of benzene rings is 1. The van der Waals surface area contributed by atoms with E-state index in [0.29, 0.717) is 29.8 Å². The second-order valence-electron chi connectivity index (χ2n) is 7.09. The summed E-state index contributed by atoms with van der Waals surface area (Å²) in [6, 6.07) is 6.23. The van der Waals surface area contributed by atoms with E-state index in [-0.39, 0.29) is 0 Å². The maximum absolute atomic E-state index is 10.6. The Balaban J connectivity index is 0.000000189. The van der Waals surface area contributed by atoms with Crippen LogP contribution in [-0.4, -0.2) is 71.2 Å². The number of hydrogen-bond donors (Lipinski definition) is 7. The molecule has 0 aliphatic carbocycles. The number of rotatable bonds is 7. The average Bonchev–Trinajstić information content (AvgIpc) is 3.46. The SMILES string of the molecule is CSCC[C@H](N)C(=O)O.N[C@@H](Cc1c[nH]c2ccccc12)C(=O)O.Nc1ncnc2nc[nH]c12. The molecule has 0 spiro atoms. The van der Waals surface area contributed by atoms with Crippen LogP contribution in [0.15, 0.2) is 43.1 Å². The molecule has 0 unspecified atom stereocenters. The van der Waals surface area contributed by atoms with E-state index >= 15 is 0 Å². The Morgan fingerprint density at radius 3 is 2.41 bits per heavy atom. The summed E-state index contributed by atoms with van der Waals surface area (Å²) in [5.74, 6) is -0.639.